The summed E-state index contributed by atoms with van der Waals surface area (Å²) >= 11 is 1.56. The highest BCUT2D eigenvalue weighted by molar-refractivity contribution is 7.88. The van der Waals surface area contributed by atoms with Gasteiger partial charge in [0.25, 0.3) is 0 Å². The molecule has 0 aromatic carbocycles. The lowest BCUT2D eigenvalue weighted by atomic mass is 10.2. The number of ether oxygens (including phenoxy) is 1. The summed E-state index contributed by atoms with van der Waals surface area (Å²) in [6.45, 7) is 0.270. The quantitative estimate of drug-likeness (QED) is 0.828. The van der Waals surface area contributed by atoms with E-state index in [1.54, 1.807) is 18.4 Å². The maximum atomic E-state index is 10.9. The first-order valence-corrected chi connectivity index (χ1v) is 6.86. The average Bonchev–Trinajstić information content (AvgIpc) is 2.56. The van der Waals surface area contributed by atoms with E-state index in [2.05, 4.69) is 4.72 Å². The van der Waals surface area contributed by atoms with Crippen molar-refractivity contribution in [1.82, 2.24) is 4.72 Å². The molecule has 0 saturated heterocycles. The monoisotopic (exact) mass is 235 g/mol. The van der Waals surface area contributed by atoms with Crippen LogP contribution in [0.4, 0.5) is 0 Å². The summed E-state index contributed by atoms with van der Waals surface area (Å²) < 4.78 is 29.3. The van der Waals surface area contributed by atoms with Crippen molar-refractivity contribution < 1.29 is 13.2 Å². The van der Waals surface area contributed by atoms with Crippen LogP contribution in [-0.2, 0) is 14.8 Å². The molecule has 0 amide bonds. The highest BCUT2D eigenvalue weighted by atomic mass is 32.2. The van der Waals surface area contributed by atoms with Gasteiger partial charge in [-0.2, -0.15) is 11.3 Å². The van der Waals surface area contributed by atoms with Crippen LogP contribution in [0.2, 0.25) is 0 Å². The number of sulfonamides is 1. The largest absolute Gasteiger partial charge is 0.375 e. The third-order valence-electron chi connectivity index (χ3n) is 1.73. The van der Waals surface area contributed by atoms with Gasteiger partial charge in [0, 0.05) is 13.7 Å². The molecule has 1 unspecified atom stereocenters. The first-order valence-electron chi connectivity index (χ1n) is 4.02. The van der Waals surface area contributed by atoms with E-state index in [0.717, 1.165) is 11.8 Å². The Labute approximate surface area is 88.0 Å². The Hall–Kier alpha value is -0.430. The summed E-state index contributed by atoms with van der Waals surface area (Å²) in [5.41, 5.74) is 0.994. The van der Waals surface area contributed by atoms with Gasteiger partial charge in [-0.1, -0.05) is 0 Å². The minimum Gasteiger partial charge on any atom is -0.375 e. The van der Waals surface area contributed by atoms with E-state index in [9.17, 15) is 8.42 Å². The second kappa shape index (κ2) is 4.88. The zero-order valence-electron chi connectivity index (χ0n) is 8.06. The lowest BCUT2D eigenvalue weighted by molar-refractivity contribution is 0.107. The van der Waals surface area contributed by atoms with Gasteiger partial charge in [-0.05, 0) is 22.4 Å². The maximum Gasteiger partial charge on any atom is 0.208 e. The predicted octanol–water partition coefficient (Wildman–Crippen LogP) is 0.985. The normalized spacial score (nSPS) is 14.1. The Morgan fingerprint density at radius 2 is 2.36 bits per heavy atom. The summed E-state index contributed by atoms with van der Waals surface area (Å²) in [6.07, 6.45) is 0.920. The molecule has 1 aromatic rings. The van der Waals surface area contributed by atoms with Crippen molar-refractivity contribution in [3.63, 3.8) is 0 Å². The zero-order valence-corrected chi connectivity index (χ0v) is 9.69. The molecule has 80 valence electrons. The summed E-state index contributed by atoms with van der Waals surface area (Å²) in [5, 5.41) is 3.87. The lowest BCUT2D eigenvalue weighted by Gasteiger charge is -2.13. The maximum absolute atomic E-state index is 10.9. The van der Waals surface area contributed by atoms with Crippen LogP contribution in [0.15, 0.2) is 16.8 Å². The van der Waals surface area contributed by atoms with Gasteiger partial charge < -0.3 is 4.74 Å². The van der Waals surface area contributed by atoms with Crippen LogP contribution < -0.4 is 4.72 Å². The van der Waals surface area contributed by atoms with E-state index in [-0.39, 0.29) is 12.6 Å². The number of hydrogen-bond acceptors (Lipinski definition) is 4. The summed E-state index contributed by atoms with van der Waals surface area (Å²) in [4.78, 5) is 0. The Balaban J connectivity index is 2.57. The Kier molecular flexibility index (Phi) is 4.06. The number of methoxy groups -OCH3 is 1. The highest BCUT2D eigenvalue weighted by Gasteiger charge is 2.12. The fourth-order valence-corrected chi connectivity index (χ4v) is 2.18. The van der Waals surface area contributed by atoms with E-state index < -0.39 is 10.0 Å². The molecular weight excluding hydrogens is 222 g/mol. The Bertz CT molecular complexity index is 358. The van der Waals surface area contributed by atoms with Gasteiger partial charge in [-0.15, -0.1) is 0 Å². The van der Waals surface area contributed by atoms with Gasteiger partial charge in [-0.25, -0.2) is 13.1 Å². The first kappa shape index (κ1) is 11.6. The molecule has 4 nitrogen and oxygen atoms in total. The molecule has 1 N–H and O–H groups in total. The van der Waals surface area contributed by atoms with Crippen LogP contribution >= 0.6 is 11.3 Å². The van der Waals surface area contributed by atoms with E-state index >= 15 is 0 Å². The predicted molar refractivity (Wildman–Crippen MR) is 56.9 cm³/mol. The van der Waals surface area contributed by atoms with Crippen LogP contribution in [0.25, 0.3) is 0 Å². The van der Waals surface area contributed by atoms with Crippen molar-refractivity contribution in [2.75, 3.05) is 19.9 Å². The molecular formula is C8H13NO3S2. The van der Waals surface area contributed by atoms with Crippen molar-refractivity contribution in [2.45, 2.75) is 6.10 Å². The van der Waals surface area contributed by atoms with Crippen molar-refractivity contribution >= 4 is 21.4 Å². The van der Waals surface area contributed by atoms with Crippen molar-refractivity contribution in [2.24, 2.45) is 0 Å². The second-order valence-corrected chi connectivity index (χ2v) is 5.51. The molecule has 1 aromatic heterocycles. The number of hydrogen-bond donors (Lipinski definition) is 1. The zero-order chi connectivity index (χ0) is 10.6. The molecule has 0 spiro atoms. The lowest BCUT2D eigenvalue weighted by Crippen LogP contribution is -2.27. The van der Waals surface area contributed by atoms with Gasteiger partial charge in [-0.3, -0.25) is 0 Å². The molecule has 1 atom stereocenters. The summed E-state index contributed by atoms with van der Waals surface area (Å²) in [5.74, 6) is 0. The van der Waals surface area contributed by atoms with Gasteiger partial charge in [0.2, 0.25) is 10.0 Å². The van der Waals surface area contributed by atoms with Crippen molar-refractivity contribution in [3.8, 4) is 0 Å². The van der Waals surface area contributed by atoms with E-state index in [1.165, 1.54) is 0 Å². The third-order valence-corrected chi connectivity index (χ3v) is 3.12. The van der Waals surface area contributed by atoms with Gasteiger partial charge >= 0.3 is 0 Å². The molecule has 0 aliphatic heterocycles. The third kappa shape index (κ3) is 3.75. The number of nitrogens with one attached hydrogen (secondary N) is 1. The van der Waals surface area contributed by atoms with Crippen LogP contribution in [0.1, 0.15) is 11.7 Å². The van der Waals surface area contributed by atoms with Gasteiger partial charge in [0.15, 0.2) is 0 Å². The van der Waals surface area contributed by atoms with E-state index in [1.807, 2.05) is 16.8 Å². The van der Waals surface area contributed by atoms with Crippen LogP contribution in [0, 0.1) is 0 Å². The average molecular weight is 235 g/mol. The molecule has 6 heteroatoms. The molecule has 14 heavy (non-hydrogen) atoms. The van der Waals surface area contributed by atoms with E-state index in [4.69, 9.17) is 4.74 Å². The SMILES string of the molecule is COC(CNS(C)(=O)=O)c1ccsc1. The molecule has 0 radical (unpaired) electrons. The molecule has 0 aliphatic rings. The minimum absolute atomic E-state index is 0.212. The summed E-state index contributed by atoms with van der Waals surface area (Å²) in [7, 11) is -1.59. The van der Waals surface area contributed by atoms with Crippen LogP contribution in [0.5, 0.6) is 0 Å². The van der Waals surface area contributed by atoms with E-state index in [0.29, 0.717) is 0 Å². The molecule has 1 rings (SSSR count). The smallest absolute Gasteiger partial charge is 0.208 e. The number of rotatable bonds is 5. The summed E-state index contributed by atoms with van der Waals surface area (Å²) in [6, 6.07) is 1.92. The first-order chi connectivity index (χ1) is 6.53. The minimum atomic E-state index is -3.15. The topological polar surface area (TPSA) is 55.4 Å². The molecule has 1 heterocycles. The highest BCUT2D eigenvalue weighted by Crippen LogP contribution is 2.18. The van der Waals surface area contributed by atoms with Gasteiger partial charge in [0.1, 0.15) is 0 Å². The van der Waals surface area contributed by atoms with Gasteiger partial charge in [0.05, 0.1) is 12.4 Å². The Morgan fingerprint density at radius 3 is 2.79 bits per heavy atom. The fraction of sp³-hybridized carbons (Fsp3) is 0.500. The Morgan fingerprint density at radius 1 is 1.64 bits per heavy atom. The van der Waals surface area contributed by atoms with Crippen molar-refractivity contribution in [3.05, 3.63) is 22.4 Å². The molecule has 0 aliphatic carbocycles. The molecule has 0 bridgehead atoms. The van der Waals surface area contributed by atoms with Crippen molar-refractivity contribution in [1.29, 1.82) is 0 Å². The second-order valence-electron chi connectivity index (χ2n) is 2.90. The van der Waals surface area contributed by atoms with Crippen LogP contribution in [-0.4, -0.2) is 28.3 Å². The molecule has 0 saturated carbocycles. The number of thiophene rings is 1. The fourth-order valence-electron chi connectivity index (χ4n) is 1.02. The molecule has 0 fully saturated rings. The standard InChI is InChI=1S/C8H13NO3S2/c1-12-8(5-9-14(2,10)11)7-3-4-13-6-7/h3-4,6,8-9H,5H2,1-2H3. The van der Waals surface area contributed by atoms with Crippen LogP contribution in [0.3, 0.4) is 0 Å².